The molecule has 2 nitrogen and oxygen atoms in total. The Morgan fingerprint density at radius 1 is 1.29 bits per heavy atom. The highest BCUT2D eigenvalue weighted by molar-refractivity contribution is 9.10. The van der Waals surface area contributed by atoms with Gasteiger partial charge in [0.15, 0.2) is 0 Å². The SMILES string of the molecule is CC(C)(C)c1cc(Br)c2sc(C(=O)O)cc2c1. The van der Waals surface area contributed by atoms with Gasteiger partial charge in [-0.3, -0.25) is 0 Å². The lowest BCUT2D eigenvalue weighted by molar-refractivity contribution is 0.0702. The third-order valence-electron chi connectivity index (χ3n) is 2.65. The highest BCUT2D eigenvalue weighted by atomic mass is 79.9. The Bertz CT molecular complexity index is 593. The Balaban J connectivity index is 2.69. The van der Waals surface area contributed by atoms with Crippen LogP contribution >= 0.6 is 27.3 Å². The second-order valence-corrected chi connectivity index (χ2v) is 6.95. The van der Waals surface area contributed by atoms with Crippen LogP contribution in [0.3, 0.4) is 0 Å². The van der Waals surface area contributed by atoms with Crippen molar-refractivity contribution in [2.24, 2.45) is 0 Å². The summed E-state index contributed by atoms with van der Waals surface area (Å²) in [5.74, 6) is -0.865. The number of hydrogen-bond acceptors (Lipinski definition) is 2. The first-order valence-electron chi connectivity index (χ1n) is 5.26. The van der Waals surface area contributed by atoms with Crippen LogP contribution in [0, 0.1) is 0 Å². The molecule has 1 N–H and O–H groups in total. The minimum absolute atomic E-state index is 0.0576. The Morgan fingerprint density at radius 2 is 1.94 bits per heavy atom. The molecule has 0 unspecified atom stereocenters. The van der Waals surface area contributed by atoms with Crippen LogP contribution in [-0.4, -0.2) is 11.1 Å². The summed E-state index contributed by atoms with van der Waals surface area (Å²) < 4.78 is 1.97. The summed E-state index contributed by atoms with van der Waals surface area (Å²) >= 11 is 4.83. The minimum atomic E-state index is -0.865. The van der Waals surface area contributed by atoms with Crippen LogP contribution in [0.2, 0.25) is 0 Å². The number of benzene rings is 1. The van der Waals surface area contributed by atoms with Crippen molar-refractivity contribution >= 4 is 43.3 Å². The molecule has 0 fully saturated rings. The topological polar surface area (TPSA) is 37.3 Å². The van der Waals surface area contributed by atoms with Gasteiger partial charge in [-0.15, -0.1) is 11.3 Å². The van der Waals surface area contributed by atoms with Crippen molar-refractivity contribution in [3.63, 3.8) is 0 Å². The summed E-state index contributed by atoms with van der Waals surface area (Å²) in [5, 5.41) is 9.99. The van der Waals surface area contributed by atoms with Gasteiger partial charge in [0.25, 0.3) is 0 Å². The molecule has 0 amide bonds. The molecule has 1 aromatic heterocycles. The Morgan fingerprint density at radius 3 is 2.47 bits per heavy atom. The fourth-order valence-electron chi connectivity index (χ4n) is 1.65. The average molecular weight is 313 g/mol. The zero-order chi connectivity index (χ0) is 12.8. The number of hydrogen-bond donors (Lipinski definition) is 1. The van der Waals surface area contributed by atoms with Crippen molar-refractivity contribution in [2.45, 2.75) is 26.2 Å². The van der Waals surface area contributed by atoms with Crippen molar-refractivity contribution < 1.29 is 9.90 Å². The van der Waals surface area contributed by atoms with E-state index in [-0.39, 0.29) is 5.41 Å². The van der Waals surface area contributed by atoms with Gasteiger partial charge in [-0.2, -0.15) is 0 Å². The summed E-state index contributed by atoms with van der Waals surface area (Å²) in [6.07, 6.45) is 0. The molecule has 0 spiro atoms. The van der Waals surface area contributed by atoms with E-state index >= 15 is 0 Å². The molecule has 0 bridgehead atoms. The molecule has 4 heteroatoms. The summed E-state index contributed by atoms with van der Waals surface area (Å²) in [5.41, 5.74) is 1.26. The predicted molar refractivity (Wildman–Crippen MR) is 75.2 cm³/mol. The van der Waals surface area contributed by atoms with Gasteiger partial charge in [-0.1, -0.05) is 20.8 Å². The lowest BCUT2D eigenvalue weighted by atomic mass is 9.86. The van der Waals surface area contributed by atoms with Crippen molar-refractivity contribution in [3.8, 4) is 0 Å². The number of carboxylic acid groups (broad SMARTS) is 1. The first-order chi connectivity index (χ1) is 7.79. The molecular weight excluding hydrogens is 300 g/mol. The number of rotatable bonds is 1. The third-order valence-corrected chi connectivity index (χ3v) is 4.71. The Kier molecular flexibility index (Phi) is 3.04. The molecule has 90 valence electrons. The fourth-order valence-corrected chi connectivity index (χ4v) is 3.25. The fraction of sp³-hybridized carbons (Fsp3) is 0.308. The minimum Gasteiger partial charge on any atom is -0.477 e. The summed E-state index contributed by atoms with van der Waals surface area (Å²) in [7, 11) is 0. The van der Waals surface area contributed by atoms with E-state index in [1.165, 1.54) is 16.9 Å². The second kappa shape index (κ2) is 4.10. The maximum Gasteiger partial charge on any atom is 0.345 e. The van der Waals surface area contributed by atoms with E-state index in [0.29, 0.717) is 4.88 Å². The normalized spacial score (nSPS) is 12.0. The number of thiophene rings is 1. The average Bonchev–Trinajstić information content (AvgIpc) is 2.60. The van der Waals surface area contributed by atoms with E-state index in [9.17, 15) is 4.79 Å². The van der Waals surface area contributed by atoms with Crippen LogP contribution in [0.4, 0.5) is 0 Å². The summed E-state index contributed by atoms with van der Waals surface area (Å²) in [6, 6.07) is 5.88. The molecule has 0 aliphatic rings. The zero-order valence-electron chi connectivity index (χ0n) is 9.87. The van der Waals surface area contributed by atoms with Crippen LogP contribution in [0.25, 0.3) is 10.1 Å². The Hall–Kier alpha value is -0.870. The number of carbonyl (C=O) groups is 1. The second-order valence-electron chi connectivity index (χ2n) is 5.04. The molecule has 0 saturated heterocycles. The first-order valence-corrected chi connectivity index (χ1v) is 6.87. The number of fused-ring (bicyclic) bond motifs is 1. The van der Waals surface area contributed by atoms with Crippen LogP contribution in [0.1, 0.15) is 36.0 Å². The molecule has 2 rings (SSSR count). The maximum atomic E-state index is 11.0. The van der Waals surface area contributed by atoms with Crippen molar-refractivity contribution in [3.05, 3.63) is 33.1 Å². The summed E-state index contributed by atoms with van der Waals surface area (Å²) in [4.78, 5) is 11.3. The smallest absolute Gasteiger partial charge is 0.345 e. The monoisotopic (exact) mass is 312 g/mol. The van der Waals surface area contributed by atoms with Gasteiger partial charge in [0.2, 0.25) is 0 Å². The van der Waals surface area contributed by atoms with E-state index in [1.807, 2.05) is 0 Å². The van der Waals surface area contributed by atoms with Gasteiger partial charge in [0.05, 0.1) is 0 Å². The number of aromatic carboxylic acids is 1. The molecular formula is C13H13BrO2S. The van der Waals surface area contributed by atoms with E-state index in [4.69, 9.17) is 5.11 Å². The predicted octanol–water partition coefficient (Wildman–Crippen LogP) is 4.66. The number of carboxylic acids is 1. The van der Waals surface area contributed by atoms with E-state index < -0.39 is 5.97 Å². The first kappa shape index (κ1) is 12.6. The third kappa shape index (κ3) is 2.38. The van der Waals surface area contributed by atoms with Gasteiger partial charge in [-0.25, -0.2) is 4.79 Å². The number of halogens is 1. The van der Waals surface area contributed by atoms with Crippen molar-refractivity contribution in [1.29, 1.82) is 0 Å². The van der Waals surface area contributed by atoms with Gasteiger partial charge in [0, 0.05) is 9.17 Å². The lowest BCUT2D eigenvalue weighted by Crippen LogP contribution is -2.10. The highest BCUT2D eigenvalue weighted by Crippen LogP contribution is 2.36. The molecule has 1 aromatic carbocycles. The van der Waals surface area contributed by atoms with Crippen LogP contribution in [0.15, 0.2) is 22.7 Å². The Labute approximate surface area is 112 Å². The van der Waals surface area contributed by atoms with E-state index in [2.05, 4.69) is 48.8 Å². The molecule has 1 heterocycles. The van der Waals surface area contributed by atoms with Crippen molar-refractivity contribution in [2.75, 3.05) is 0 Å². The van der Waals surface area contributed by atoms with Gasteiger partial charge >= 0.3 is 5.97 Å². The molecule has 0 radical (unpaired) electrons. The van der Waals surface area contributed by atoms with Gasteiger partial charge < -0.3 is 5.11 Å². The largest absolute Gasteiger partial charge is 0.477 e. The quantitative estimate of drug-likeness (QED) is 0.831. The van der Waals surface area contributed by atoms with Crippen LogP contribution in [-0.2, 0) is 5.41 Å². The molecule has 0 aliphatic heterocycles. The molecule has 0 aliphatic carbocycles. The molecule has 0 atom stereocenters. The van der Waals surface area contributed by atoms with Crippen molar-refractivity contribution in [1.82, 2.24) is 0 Å². The van der Waals surface area contributed by atoms with E-state index in [0.717, 1.165) is 14.6 Å². The maximum absolute atomic E-state index is 11.0. The van der Waals surface area contributed by atoms with Crippen LogP contribution < -0.4 is 0 Å². The highest BCUT2D eigenvalue weighted by Gasteiger charge is 2.17. The zero-order valence-corrected chi connectivity index (χ0v) is 12.3. The van der Waals surface area contributed by atoms with Gasteiger partial charge in [-0.05, 0) is 50.5 Å². The standard InChI is InChI=1S/C13H13BrO2S/c1-13(2,3)8-4-7-5-10(12(15)16)17-11(7)9(14)6-8/h4-6H,1-3H3,(H,15,16). The van der Waals surface area contributed by atoms with Gasteiger partial charge in [0.1, 0.15) is 4.88 Å². The molecule has 2 aromatic rings. The molecule has 17 heavy (non-hydrogen) atoms. The lowest BCUT2D eigenvalue weighted by Gasteiger charge is -2.19. The molecule has 0 saturated carbocycles. The summed E-state index contributed by atoms with van der Waals surface area (Å²) in [6.45, 7) is 6.43. The van der Waals surface area contributed by atoms with Crippen LogP contribution in [0.5, 0.6) is 0 Å². The van der Waals surface area contributed by atoms with E-state index in [1.54, 1.807) is 6.07 Å².